The van der Waals surface area contributed by atoms with E-state index in [1.165, 1.54) is 6.07 Å². The molecule has 0 aromatic heterocycles. The van der Waals surface area contributed by atoms with E-state index < -0.39 is 5.97 Å². The molecule has 4 N–H and O–H groups in total. The summed E-state index contributed by atoms with van der Waals surface area (Å²) in [6.07, 6.45) is 0. The third-order valence-corrected chi connectivity index (χ3v) is 3.36. The van der Waals surface area contributed by atoms with Gasteiger partial charge in [-0.2, -0.15) is 0 Å². The standard InChI is InChI=1S/C16H16N2O3/c1-9-7-11(8-13(10(9)2)16(20)21)18-15(19)12-5-3-4-6-14(12)17/h3-8H,17H2,1-2H3,(H,18,19)(H,20,21). The molecule has 0 spiro atoms. The molecule has 21 heavy (non-hydrogen) atoms. The number of benzene rings is 2. The van der Waals surface area contributed by atoms with Crippen LogP contribution in [0.2, 0.25) is 0 Å². The fraction of sp³-hybridized carbons (Fsp3) is 0.125. The van der Waals surface area contributed by atoms with Crippen molar-refractivity contribution < 1.29 is 14.7 Å². The molecule has 0 heterocycles. The average Bonchev–Trinajstić information content (AvgIpc) is 2.42. The minimum Gasteiger partial charge on any atom is -0.478 e. The Hall–Kier alpha value is -2.82. The molecule has 0 aliphatic rings. The molecule has 0 saturated carbocycles. The molecule has 108 valence electrons. The zero-order valence-corrected chi connectivity index (χ0v) is 11.8. The quantitative estimate of drug-likeness (QED) is 0.756. The molecule has 5 nitrogen and oxygen atoms in total. The van der Waals surface area contributed by atoms with Gasteiger partial charge in [-0.05, 0) is 49.2 Å². The van der Waals surface area contributed by atoms with Crippen LogP contribution in [0.25, 0.3) is 0 Å². The molecule has 0 radical (unpaired) electrons. The molecule has 2 aromatic rings. The lowest BCUT2D eigenvalue weighted by atomic mass is 10.0. The van der Waals surface area contributed by atoms with E-state index in [4.69, 9.17) is 5.73 Å². The summed E-state index contributed by atoms with van der Waals surface area (Å²) in [6.45, 7) is 3.54. The van der Waals surface area contributed by atoms with Crippen LogP contribution in [-0.4, -0.2) is 17.0 Å². The third-order valence-electron chi connectivity index (χ3n) is 3.36. The summed E-state index contributed by atoms with van der Waals surface area (Å²) in [5, 5.41) is 11.9. The summed E-state index contributed by atoms with van der Waals surface area (Å²) >= 11 is 0. The first-order valence-electron chi connectivity index (χ1n) is 6.40. The molecule has 0 bridgehead atoms. The summed E-state index contributed by atoms with van der Waals surface area (Å²) < 4.78 is 0. The van der Waals surface area contributed by atoms with E-state index in [1.807, 2.05) is 0 Å². The number of nitrogen functional groups attached to an aromatic ring is 1. The fourth-order valence-electron chi connectivity index (χ4n) is 2.06. The van der Waals surface area contributed by atoms with Crippen molar-refractivity contribution in [1.29, 1.82) is 0 Å². The predicted molar refractivity (Wildman–Crippen MR) is 81.7 cm³/mol. The van der Waals surface area contributed by atoms with Gasteiger partial charge in [0.15, 0.2) is 0 Å². The van der Waals surface area contributed by atoms with Crippen molar-refractivity contribution in [2.24, 2.45) is 0 Å². The van der Waals surface area contributed by atoms with Crippen LogP contribution >= 0.6 is 0 Å². The highest BCUT2D eigenvalue weighted by Gasteiger charge is 2.14. The van der Waals surface area contributed by atoms with E-state index in [1.54, 1.807) is 44.2 Å². The Morgan fingerprint density at radius 2 is 1.76 bits per heavy atom. The summed E-state index contributed by atoms with van der Waals surface area (Å²) in [6, 6.07) is 9.89. The summed E-state index contributed by atoms with van der Waals surface area (Å²) in [5.74, 6) is -1.39. The van der Waals surface area contributed by atoms with Gasteiger partial charge in [-0.25, -0.2) is 4.79 Å². The number of hydrogen-bond donors (Lipinski definition) is 3. The Morgan fingerprint density at radius 3 is 2.38 bits per heavy atom. The number of carbonyl (C=O) groups excluding carboxylic acids is 1. The first-order valence-corrected chi connectivity index (χ1v) is 6.40. The van der Waals surface area contributed by atoms with E-state index in [-0.39, 0.29) is 11.5 Å². The van der Waals surface area contributed by atoms with E-state index in [2.05, 4.69) is 5.32 Å². The zero-order valence-electron chi connectivity index (χ0n) is 11.8. The predicted octanol–water partition coefficient (Wildman–Crippen LogP) is 2.84. The van der Waals surface area contributed by atoms with Gasteiger partial charge in [-0.15, -0.1) is 0 Å². The number of para-hydroxylation sites is 1. The maximum absolute atomic E-state index is 12.2. The van der Waals surface area contributed by atoms with Crippen molar-refractivity contribution in [1.82, 2.24) is 0 Å². The third kappa shape index (κ3) is 3.02. The van der Waals surface area contributed by atoms with Crippen LogP contribution in [0.5, 0.6) is 0 Å². The van der Waals surface area contributed by atoms with Crippen molar-refractivity contribution in [2.75, 3.05) is 11.1 Å². The number of aryl methyl sites for hydroxylation is 1. The maximum Gasteiger partial charge on any atom is 0.336 e. The van der Waals surface area contributed by atoms with Crippen LogP contribution in [-0.2, 0) is 0 Å². The number of anilines is 2. The normalized spacial score (nSPS) is 10.2. The number of aromatic carboxylic acids is 1. The molecule has 0 aliphatic carbocycles. The van der Waals surface area contributed by atoms with Crippen LogP contribution in [0, 0.1) is 13.8 Å². The number of carbonyl (C=O) groups is 2. The molecule has 0 saturated heterocycles. The number of nitrogens with one attached hydrogen (secondary N) is 1. The smallest absolute Gasteiger partial charge is 0.336 e. The van der Waals surface area contributed by atoms with Crippen molar-refractivity contribution in [3.8, 4) is 0 Å². The zero-order chi connectivity index (χ0) is 15.6. The fourth-order valence-corrected chi connectivity index (χ4v) is 2.06. The minimum absolute atomic E-state index is 0.173. The SMILES string of the molecule is Cc1cc(NC(=O)c2ccccc2N)cc(C(=O)O)c1C. The highest BCUT2D eigenvalue weighted by molar-refractivity contribution is 6.08. The number of nitrogens with two attached hydrogens (primary N) is 1. The maximum atomic E-state index is 12.2. The van der Waals surface area contributed by atoms with Crippen LogP contribution < -0.4 is 11.1 Å². The van der Waals surface area contributed by atoms with Gasteiger partial charge < -0.3 is 16.2 Å². The molecule has 5 heteroatoms. The number of carboxylic acid groups (broad SMARTS) is 1. The van der Waals surface area contributed by atoms with E-state index in [0.29, 0.717) is 22.5 Å². The van der Waals surface area contributed by atoms with Gasteiger partial charge in [0.25, 0.3) is 5.91 Å². The molecule has 0 unspecified atom stereocenters. The molecular formula is C16H16N2O3. The summed E-state index contributed by atoms with van der Waals surface area (Å²) in [5.41, 5.74) is 8.56. The Kier molecular flexibility index (Phi) is 3.93. The van der Waals surface area contributed by atoms with Crippen molar-refractivity contribution in [3.05, 3.63) is 58.7 Å². The van der Waals surface area contributed by atoms with Gasteiger partial charge in [-0.3, -0.25) is 4.79 Å². The van der Waals surface area contributed by atoms with Gasteiger partial charge >= 0.3 is 5.97 Å². The number of amides is 1. The Morgan fingerprint density at radius 1 is 1.10 bits per heavy atom. The lowest BCUT2D eigenvalue weighted by Gasteiger charge is -2.11. The van der Waals surface area contributed by atoms with Crippen LogP contribution in [0.1, 0.15) is 31.8 Å². The van der Waals surface area contributed by atoms with Crippen molar-refractivity contribution in [3.63, 3.8) is 0 Å². The highest BCUT2D eigenvalue weighted by Crippen LogP contribution is 2.21. The second-order valence-corrected chi connectivity index (χ2v) is 4.81. The summed E-state index contributed by atoms with van der Waals surface area (Å²) in [7, 11) is 0. The molecule has 2 aromatic carbocycles. The minimum atomic E-state index is -1.02. The lowest BCUT2D eigenvalue weighted by molar-refractivity contribution is 0.0695. The van der Waals surface area contributed by atoms with Crippen LogP contribution in [0.4, 0.5) is 11.4 Å². The van der Waals surface area contributed by atoms with E-state index in [9.17, 15) is 14.7 Å². The van der Waals surface area contributed by atoms with Crippen molar-refractivity contribution in [2.45, 2.75) is 13.8 Å². The van der Waals surface area contributed by atoms with Gasteiger partial charge in [0.2, 0.25) is 0 Å². The first kappa shape index (κ1) is 14.6. The average molecular weight is 284 g/mol. The Labute approximate surface area is 122 Å². The van der Waals surface area contributed by atoms with E-state index >= 15 is 0 Å². The molecular weight excluding hydrogens is 268 g/mol. The molecule has 2 rings (SSSR count). The largest absolute Gasteiger partial charge is 0.478 e. The topological polar surface area (TPSA) is 92.4 Å². The lowest BCUT2D eigenvalue weighted by Crippen LogP contribution is -2.15. The van der Waals surface area contributed by atoms with Crippen molar-refractivity contribution >= 4 is 23.3 Å². The number of carboxylic acids is 1. The van der Waals surface area contributed by atoms with E-state index in [0.717, 1.165) is 5.56 Å². The number of hydrogen-bond acceptors (Lipinski definition) is 3. The number of rotatable bonds is 3. The second-order valence-electron chi connectivity index (χ2n) is 4.81. The van der Waals surface area contributed by atoms with Gasteiger partial charge in [0.1, 0.15) is 0 Å². The monoisotopic (exact) mass is 284 g/mol. The second kappa shape index (κ2) is 5.66. The Bertz CT molecular complexity index is 723. The molecule has 0 atom stereocenters. The Balaban J connectivity index is 2.34. The van der Waals surface area contributed by atoms with Crippen LogP contribution in [0.3, 0.4) is 0 Å². The first-order chi connectivity index (χ1) is 9.90. The summed E-state index contributed by atoms with van der Waals surface area (Å²) in [4.78, 5) is 23.4. The highest BCUT2D eigenvalue weighted by atomic mass is 16.4. The molecule has 0 fully saturated rings. The van der Waals surface area contributed by atoms with Crippen LogP contribution in [0.15, 0.2) is 36.4 Å². The molecule has 0 aliphatic heterocycles. The van der Waals surface area contributed by atoms with Gasteiger partial charge in [0, 0.05) is 11.4 Å². The van der Waals surface area contributed by atoms with Gasteiger partial charge in [-0.1, -0.05) is 12.1 Å². The molecule has 1 amide bonds. The van der Waals surface area contributed by atoms with Gasteiger partial charge in [0.05, 0.1) is 11.1 Å².